The van der Waals surface area contributed by atoms with Gasteiger partial charge >= 0.3 is 0 Å². The lowest BCUT2D eigenvalue weighted by Gasteiger charge is -2.11. The van der Waals surface area contributed by atoms with Crippen LogP contribution in [0, 0.1) is 0 Å². The minimum Gasteiger partial charge on any atom is -0.439 e. The Morgan fingerprint density at radius 2 is 2.00 bits per heavy atom. The van der Waals surface area contributed by atoms with Crippen LogP contribution in [-0.2, 0) is 0 Å². The predicted molar refractivity (Wildman–Crippen MR) is 82.4 cm³/mol. The van der Waals surface area contributed by atoms with Gasteiger partial charge in [-0.1, -0.05) is 26.0 Å². The highest BCUT2D eigenvalue weighted by Gasteiger charge is 2.09. The zero-order valence-electron chi connectivity index (χ0n) is 12.2. The maximum Gasteiger partial charge on any atom is 0.251 e. The second-order valence-electron chi connectivity index (χ2n) is 4.95. The molecule has 1 aromatic carbocycles. The van der Waals surface area contributed by atoms with Gasteiger partial charge in [-0.2, -0.15) is 0 Å². The van der Waals surface area contributed by atoms with E-state index in [0.29, 0.717) is 11.7 Å². The number of pyridine rings is 1. The third-order valence-electron chi connectivity index (χ3n) is 3.46. The molecule has 4 N–H and O–H groups in total. The second kappa shape index (κ2) is 6.26. The number of anilines is 1. The molecule has 1 aromatic heterocycles. The molecule has 0 aliphatic rings. The SMILES string of the molecule is CCC(C)c1ccc(Oc2cc(C(N)=O)c(N)cn2)cc1. The molecule has 1 amide bonds. The number of ether oxygens (including phenoxy) is 1. The van der Waals surface area contributed by atoms with Gasteiger partial charge in [-0.15, -0.1) is 0 Å². The van der Waals surface area contributed by atoms with Gasteiger partial charge in [0.05, 0.1) is 17.4 Å². The zero-order chi connectivity index (χ0) is 15.4. The summed E-state index contributed by atoms with van der Waals surface area (Å²) in [6, 6.07) is 9.25. The second-order valence-corrected chi connectivity index (χ2v) is 4.95. The quantitative estimate of drug-likeness (QED) is 0.883. The Bertz CT molecular complexity index is 638. The Balaban J connectivity index is 2.18. The number of rotatable bonds is 5. The van der Waals surface area contributed by atoms with Crippen LogP contribution in [0.25, 0.3) is 0 Å². The Labute approximate surface area is 123 Å². The first-order chi connectivity index (χ1) is 10.0. The van der Waals surface area contributed by atoms with Crippen LogP contribution < -0.4 is 16.2 Å². The highest BCUT2D eigenvalue weighted by atomic mass is 16.5. The fourth-order valence-corrected chi connectivity index (χ4v) is 1.94. The summed E-state index contributed by atoms with van der Waals surface area (Å²) < 4.78 is 5.62. The predicted octanol–water partition coefficient (Wildman–Crippen LogP) is 3.07. The van der Waals surface area contributed by atoms with Gasteiger partial charge in [-0.25, -0.2) is 4.98 Å². The molecular weight excluding hydrogens is 266 g/mol. The summed E-state index contributed by atoms with van der Waals surface area (Å²) in [4.78, 5) is 15.3. The van der Waals surface area contributed by atoms with Crippen LogP contribution in [0.4, 0.5) is 5.69 Å². The minimum absolute atomic E-state index is 0.205. The summed E-state index contributed by atoms with van der Waals surface area (Å²) in [6.45, 7) is 4.33. The lowest BCUT2D eigenvalue weighted by Crippen LogP contribution is -2.13. The Kier molecular flexibility index (Phi) is 4.42. The first-order valence-electron chi connectivity index (χ1n) is 6.84. The molecule has 1 heterocycles. The van der Waals surface area contributed by atoms with Crippen LogP contribution in [-0.4, -0.2) is 10.9 Å². The lowest BCUT2D eigenvalue weighted by molar-refractivity contribution is 0.100. The van der Waals surface area contributed by atoms with Crippen molar-refractivity contribution in [1.82, 2.24) is 4.98 Å². The van der Waals surface area contributed by atoms with Crippen molar-refractivity contribution in [1.29, 1.82) is 0 Å². The molecular formula is C16H19N3O2. The van der Waals surface area contributed by atoms with Gasteiger partial charge in [-0.3, -0.25) is 4.79 Å². The van der Waals surface area contributed by atoms with Crippen molar-refractivity contribution in [2.45, 2.75) is 26.2 Å². The Morgan fingerprint density at radius 1 is 1.33 bits per heavy atom. The molecule has 1 atom stereocenters. The summed E-state index contributed by atoms with van der Waals surface area (Å²) in [5.41, 5.74) is 12.6. The molecule has 2 aromatic rings. The number of nitrogens with two attached hydrogens (primary N) is 2. The molecule has 1 unspecified atom stereocenters. The van der Waals surface area contributed by atoms with E-state index in [4.69, 9.17) is 16.2 Å². The van der Waals surface area contributed by atoms with Gasteiger partial charge in [0.15, 0.2) is 0 Å². The van der Waals surface area contributed by atoms with Crippen LogP contribution in [0.2, 0.25) is 0 Å². The number of primary amides is 1. The average molecular weight is 285 g/mol. The van der Waals surface area contributed by atoms with E-state index in [9.17, 15) is 4.79 Å². The Morgan fingerprint density at radius 3 is 2.57 bits per heavy atom. The standard InChI is InChI=1S/C16H19N3O2/c1-3-10(2)11-4-6-12(7-5-11)21-15-8-13(16(18)20)14(17)9-19-15/h4-10H,3,17H2,1-2H3,(H2,18,20). The number of carbonyl (C=O) groups is 1. The minimum atomic E-state index is -0.605. The van der Waals surface area contributed by atoms with Gasteiger partial charge in [0, 0.05) is 6.07 Å². The molecule has 0 saturated heterocycles. The molecule has 0 aliphatic carbocycles. The molecule has 0 spiro atoms. The largest absolute Gasteiger partial charge is 0.439 e. The van der Waals surface area contributed by atoms with E-state index in [2.05, 4.69) is 18.8 Å². The average Bonchev–Trinajstić information content (AvgIpc) is 2.49. The van der Waals surface area contributed by atoms with Crippen molar-refractivity contribution in [3.8, 4) is 11.6 Å². The van der Waals surface area contributed by atoms with Crippen LogP contribution in [0.5, 0.6) is 11.6 Å². The van der Waals surface area contributed by atoms with Crippen LogP contribution in [0.15, 0.2) is 36.5 Å². The zero-order valence-corrected chi connectivity index (χ0v) is 12.2. The van der Waals surface area contributed by atoms with E-state index in [1.54, 1.807) is 0 Å². The molecule has 0 radical (unpaired) electrons. The molecule has 0 fully saturated rings. The lowest BCUT2D eigenvalue weighted by atomic mass is 9.99. The number of aromatic nitrogens is 1. The van der Waals surface area contributed by atoms with Crippen molar-refractivity contribution < 1.29 is 9.53 Å². The van der Waals surface area contributed by atoms with Crippen molar-refractivity contribution in [2.24, 2.45) is 5.73 Å². The first kappa shape index (κ1) is 14.8. The fraction of sp³-hybridized carbons (Fsp3) is 0.250. The van der Waals surface area contributed by atoms with Crippen molar-refractivity contribution in [3.05, 3.63) is 47.7 Å². The summed E-state index contributed by atoms with van der Waals surface area (Å²) >= 11 is 0. The first-order valence-corrected chi connectivity index (χ1v) is 6.84. The summed E-state index contributed by atoms with van der Waals surface area (Å²) in [6.07, 6.45) is 2.45. The number of carbonyl (C=O) groups excluding carboxylic acids is 1. The molecule has 5 nitrogen and oxygen atoms in total. The summed E-state index contributed by atoms with van der Waals surface area (Å²) in [5, 5.41) is 0. The normalized spacial score (nSPS) is 11.9. The molecule has 21 heavy (non-hydrogen) atoms. The maximum atomic E-state index is 11.2. The highest BCUT2D eigenvalue weighted by molar-refractivity contribution is 5.98. The topological polar surface area (TPSA) is 91.2 Å². The van der Waals surface area contributed by atoms with E-state index in [1.165, 1.54) is 17.8 Å². The molecule has 2 rings (SSSR count). The van der Waals surface area contributed by atoms with E-state index < -0.39 is 5.91 Å². The Hall–Kier alpha value is -2.56. The van der Waals surface area contributed by atoms with Crippen LogP contribution in [0.3, 0.4) is 0 Å². The molecule has 0 aliphatic heterocycles. The van der Waals surface area contributed by atoms with Gasteiger partial charge in [0.25, 0.3) is 5.91 Å². The van der Waals surface area contributed by atoms with Gasteiger partial charge in [0.2, 0.25) is 5.88 Å². The van der Waals surface area contributed by atoms with Crippen LogP contribution >= 0.6 is 0 Å². The van der Waals surface area contributed by atoms with Gasteiger partial charge in [-0.05, 0) is 30.0 Å². The highest BCUT2D eigenvalue weighted by Crippen LogP contribution is 2.25. The molecule has 5 heteroatoms. The van der Waals surface area contributed by atoms with Gasteiger partial charge in [0.1, 0.15) is 5.75 Å². The number of nitrogens with zero attached hydrogens (tertiary/aromatic N) is 1. The van der Waals surface area contributed by atoms with E-state index in [0.717, 1.165) is 6.42 Å². The molecule has 0 saturated carbocycles. The third kappa shape index (κ3) is 3.51. The number of hydrogen-bond donors (Lipinski definition) is 2. The van der Waals surface area contributed by atoms with Crippen LogP contribution in [0.1, 0.15) is 42.1 Å². The number of nitrogen functional groups attached to an aromatic ring is 1. The van der Waals surface area contributed by atoms with E-state index >= 15 is 0 Å². The third-order valence-corrected chi connectivity index (χ3v) is 3.46. The van der Waals surface area contributed by atoms with Crippen molar-refractivity contribution >= 4 is 11.6 Å². The summed E-state index contributed by atoms with van der Waals surface area (Å²) in [5.74, 6) is 0.839. The number of hydrogen-bond acceptors (Lipinski definition) is 4. The van der Waals surface area contributed by atoms with Crippen molar-refractivity contribution in [3.63, 3.8) is 0 Å². The molecule has 110 valence electrons. The molecule has 0 bridgehead atoms. The number of amides is 1. The smallest absolute Gasteiger partial charge is 0.251 e. The van der Waals surface area contributed by atoms with E-state index in [1.807, 2.05) is 24.3 Å². The number of benzene rings is 1. The monoisotopic (exact) mass is 285 g/mol. The summed E-state index contributed by atoms with van der Waals surface area (Å²) in [7, 11) is 0. The maximum absolute atomic E-state index is 11.2. The fourth-order valence-electron chi connectivity index (χ4n) is 1.94. The van der Waals surface area contributed by atoms with Gasteiger partial charge < -0.3 is 16.2 Å². The van der Waals surface area contributed by atoms with Crippen molar-refractivity contribution in [2.75, 3.05) is 5.73 Å². The van der Waals surface area contributed by atoms with E-state index in [-0.39, 0.29) is 17.1 Å².